The molecule has 1 aliphatic carbocycles. The first-order valence-electron chi connectivity index (χ1n) is 6.86. The Morgan fingerprint density at radius 2 is 1.52 bits per heavy atom. The molecule has 3 atom stereocenters. The van der Waals surface area contributed by atoms with E-state index >= 15 is 0 Å². The molecule has 4 nitrogen and oxygen atoms in total. The third kappa shape index (κ3) is 4.41. The van der Waals surface area contributed by atoms with E-state index in [0.717, 1.165) is 0 Å². The molecular weight excluding hydrogens is 266 g/mol. The van der Waals surface area contributed by atoms with Crippen LogP contribution in [0.1, 0.15) is 29.6 Å². The predicted molar refractivity (Wildman–Crippen MR) is 80.8 cm³/mol. The minimum Gasteiger partial charge on any atom is -0.479 e. The number of aliphatic hydroxyl groups excluding tert-OH is 1. The molecule has 1 unspecified atom stereocenters. The minimum absolute atomic E-state index is 0.403. The molecule has 4 heteroatoms. The van der Waals surface area contributed by atoms with E-state index in [0.29, 0.717) is 17.5 Å². The van der Waals surface area contributed by atoms with Crippen molar-refractivity contribution >= 4 is 5.97 Å². The molecule has 0 heterocycles. The smallest absolute Gasteiger partial charge is 0.337 e. The van der Waals surface area contributed by atoms with Crippen molar-refractivity contribution in [3.8, 4) is 0 Å². The van der Waals surface area contributed by atoms with E-state index < -0.39 is 12.1 Å². The summed E-state index contributed by atoms with van der Waals surface area (Å²) in [5, 5.41) is 17.4. The Kier molecular flexibility index (Phi) is 5.09. The summed E-state index contributed by atoms with van der Waals surface area (Å²) in [7, 11) is 0. The second-order valence-electron chi connectivity index (χ2n) is 5.07. The van der Waals surface area contributed by atoms with Gasteiger partial charge in [-0.1, -0.05) is 60.7 Å². The number of hydrogen-bond acceptors (Lipinski definition) is 3. The van der Waals surface area contributed by atoms with Gasteiger partial charge in [0, 0.05) is 12.0 Å². The van der Waals surface area contributed by atoms with Gasteiger partial charge in [-0.05, 0) is 17.5 Å². The molecule has 1 aliphatic rings. The first-order chi connectivity index (χ1) is 10.1. The predicted octanol–water partition coefficient (Wildman–Crippen LogP) is 2.31. The fourth-order valence-corrected chi connectivity index (χ4v) is 2.08. The number of nitrogens with two attached hydrogens (primary N) is 1. The van der Waals surface area contributed by atoms with E-state index in [9.17, 15) is 4.79 Å². The van der Waals surface area contributed by atoms with Crippen LogP contribution in [0.4, 0.5) is 0 Å². The lowest BCUT2D eigenvalue weighted by Gasteiger charge is -2.03. The molecule has 21 heavy (non-hydrogen) atoms. The molecule has 3 rings (SSSR count). The summed E-state index contributed by atoms with van der Waals surface area (Å²) in [6.07, 6.45) is -0.236. The van der Waals surface area contributed by atoms with Crippen molar-refractivity contribution in [2.75, 3.05) is 0 Å². The van der Waals surface area contributed by atoms with E-state index in [1.54, 1.807) is 30.3 Å². The Labute approximate surface area is 123 Å². The van der Waals surface area contributed by atoms with Gasteiger partial charge in [0.25, 0.3) is 0 Å². The van der Waals surface area contributed by atoms with Crippen molar-refractivity contribution < 1.29 is 15.0 Å². The van der Waals surface area contributed by atoms with Crippen LogP contribution in [0.5, 0.6) is 0 Å². The molecule has 0 aliphatic heterocycles. The number of carboxylic acids is 1. The molecule has 0 saturated heterocycles. The maximum absolute atomic E-state index is 10.2. The second-order valence-corrected chi connectivity index (χ2v) is 5.07. The van der Waals surface area contributed by atoms with Crippen LogP contribution in [0.3, 0.4) is 0 Å². The quantitative estimate of drug-likeness (QED) is 0.808. The second kappa shape index (κ2) is 7.02. The van der Waals surface area contributed by atoms with Crippen LogP contribution < -0.4 is 5.73 Å². The maximum Gasteiger partial charge on any atom is 0.337 e. The number of aliphatic carboxylic acids is 1. The summed E-state index contributed by atoms with van der Waals surface area (Å²) in [5.41, 5.74) is 7.50. The Balaban J connectivity index is 0.000000154. The lowest BCUT2D eigenvalue weighted by molar-refractivity contribution is -0.146. The molecular formula is C17H19NO3. The molecule has 0 radical (unpaired) electrons. The summed E-state index contributed by atoms with van der Waals surface area (Å²) >= 11 is 0. The van der Waals surface area contributed by atoms with Crippen molar-refractivity contribution in [3.63, 3.8) is 0 Å². The molecule has 1 saturated carbocycles. The molecule has 2 aromatic rings. The van der Waals surface area contributed by atoms with E-state index in [1.165, 1.54) is 12.0 Å². The standard InChI is InChI=1S/C9H11N.C8H8O3/c10-9-6-8(9)7-4-2-1-3-5-7;9-7(8(10)11)6-4-2-1-3-5-6/h1-5,8-9H,6,10H2;1-5,7,9H,(H,10,11)/t8-,9+;/m1./s1. The average molecular weight is 285 g/mol. The fraction of sp³-hybridized carbons (Fsp3) is 0.235. The molecule has 0 amide bonds. The fourth-order valence-electron chi connectivity index (χ4n) is 2.08. The first-order valence-corrected chi connectivity index (χ1v) is 6.86. The lowest BCUT2D eigenvalue weighted by atomic mass is 10.1. The summed E-state index contributed by atoms with van der Waals surface area (Å²) in [4.78, 5) is 10.2. The monoisotopic (exact) mass is 285 g/mol. The van der Waals surface area contributed by atoms with Crippen molar-refractivity contribution in [3.05, 3.63) is 71.8 Å². The van der Waals surface area contributed by atoms with Crippen LogP contribution in [0.2, 0.25) is 0 Å². The van der Waals surface area contributed by atoms with Crippen LogP contribution >= 0.6 is 0 Å². The molecule has 4 N–H and O–H groups in total. The number of rotatable bonds is 3. The first kappa shape index (κ1) is 15.2. The normalized spacial score (nSPS) is 20.9. The molecule has 2 aromatic carbocycles. The Hall–Kier alpha value is -2.17. The van der Waals surface area contributed by atoms with Gasteiger partial charge >= 0.3 is 5.97 Å². The number of aliphatic hydroxyl groups is 1. The third-order valence-corrected chi connectivity index (χ3v) is 3.42. The average Bonchev–Trinajstić information content (AvgIpc) is 3.26. The van der Waals surface area contributed by atoms with Crippen molar-refractivity contribution in [2.24, 2.45) is 5.73 Å². The van der Waals surface area contributed by atoms with Crippen LogP contribution in [-0.2, 0) is 4.79 Å². The largest absolute Gasteiger partial charge is 0.479 e. The van der Waals surface area contributed by atoms with Crippen LogP contribution in [0, 0.1) is 0 Å². The Morgan fingerprint density at radius 1 is 1.05 bits per heavy atom. The minimum atomic E-state index is -1.41. The van der Waals surface area contributed by atoms with Gasteiger partial charge in [0.1, 0.15) is 0 Å². The van der Waals surface area contributed by atoms with Gasteiger partial charge in [0.05, 0.1) is 0 Å². The van der Waals surface area contributed by atoms with Gasteiger partial charge < -0.3 is 15.9 Å². The van der Waals surface area contributed by atoms with Crippen molar-refractivity contribution in [1.29, 1.82) is 0 Å². The Bertz CT molecular complexity index is 571. The van der Waals surface area contributed by atoms with E-state index in [-0.39, 0.29) is 0 Å². The van der Waals surface area contributed by atoms with E-state index in [4.69, 9.17) is 15.9 Å². The highest BCUT2D eigenvalue weighted by atomic mass is 16.4. The molecule has 0 spiro atoms. The van der Waals surface area contributed by atoms with Gasteiger partial charge in [-0.3, -0.25) is 0 Å². The van der Waals surface area contributed by atoms with Crippen molar-refractivity contribution in [1.82, 2.24) is 0 Å². The van der Waals surface area contributed by atoms with E-state index in [1.807, 2.05) is 6.07 Å². The van der Waals surface area contributed by atoms with Crippen molar-refractivity contribution in [2.45, 2.75) is 24.5 Å². The third-order valence-electron chi connectivity index (χ3n) is 3.42. The summed E-state index contributed by atoms with van der Waals surface area (Å²) in [5.74, 6) is -0.572. The number of carbonyl (C=O) groups is 1. The zero-order valence-corrected chi connectivity index (χ0v) is 11.6. The summed E-state index contributed by atoms with van der Waals surface area (Å²) in [6.45, 7) is 0. The van der Waals surface area contributed by atoms with Gasteiger partial charge in [0.2, 0.25) is 0 Å². The van der Waals surface area contributed by atoms with Crippen LogP contribution in [0.25, 0.3) is 0 Å². The molecule has 110 valence electrons. The zero-order valence-electron chi connectivity index (χ0n) is 11.6. The molecule has 1 fully saturated rings. The summed E-state index contributed by atoms with van der Waals surface area (Å²) in [6, 6.07) is 19.2. The Morgan fingerprint density at radius 3 is 1.95 bits per heavy atom. The van der Waals surface area contributed by atoms with Gasteiger partial charge in [-0.2, -0.15) is 0 Å². The van der Waals surface area contributed by atoms with Gasteiger partial charge in [-0.15, -0.1) is 0 Å². The van der Waals surface area contributed by atoms with Crippen LogP contribution in [-0.4, -0.2) is 22.2 Å². The zero-order chi connectivity index (χ0) is 15.2. The van der Waals surface area contributed by atoms with E-state index in [2.05, 4.69) is 24.3 Å². The molecule has 0 bridgehead atoms. The highest BCUT2D eigenvalue weighted by Crippen LogP contribution is 2.38. The van der Waals surface area contributed by atoms with Gasteiger partial charge in [0.15, 0.2) is 6.10 Å². The number of benzene rings is 2. The topological polar surface area (TPSA) is 83.6 Å². The number of hydrogen-bond donors (Lipinski definition) is 3. The molecule has 0 aromatic heterocycles. The maximum atomic E-state index is 10.2. The van der Waals surface area contributed by atoms with Crippen LogP contribution in [0.15, 0.2) is 60.7 Å². The van der Waals surface area contributed by atoms with Gasteiger partial charge in [-0.25, -0.2) is 4.79 Å². The highest BCUT2D eigenvalue weighted by molar-refractivity contribution is 5.73. The SMILES string of the molecule is N[C@H]1C[C@@H]1c1ccccc1.O=C(O)C(O)c1ccccc1. The number of carboxylic acid groups (broad SMARTS) is 1. The lowest BCUT2D eigenvalue weighted by Crippen LogP contribution is -2.09. The highest BCUT2D eigenvalue weighted by Gasteiger charge is 2.34. The summed E-state index contributed by atoms with van der Waals surface area (Å²) < 4.78 is 0.